The highest BCUT2D eigenvalue weighted by Gasteiger charge is 2.24. The van der Waals surface area contributed by atoms with Crippen LogP contribution >= 0.6 is 0 Å². The summed E-state index contributed by atoms with van der Waals surface area (Å²) in [5, 5.41) is 0. The van der Waals surface area contributed by atoms with Gasteiger partial charge < -0.3 is 19.1 Å². The van der Waals surface area contributed by atoms with Crippen LogP contribution in [0.15, 0.2) is 60.7 Å². The van der Waals surface area contributed by atoms with Gasteiger partial charge in [0.25, 0.3) is 0 Å². The molecule has 0 aromatic heterocycles. The van der Waals surface area contributed by atoms with E-state index in [1.54, 1.807) is 19.1 Å². The van der Waals surface area contributed by atoms with E-state index in [1.165, 1.54) is 31.0 Å². The Hall–Kier alpha value is -3.80. The highest BCUT2D eigenvalue weighted by molar-refractivity contribution is 5.90. The van der Waals surface area contributed by atoms with Crippen molar-refractivity contribution in [2.45, 2.75) is 52.9 Å². The fraction of sp³-hybridized carbons (Fsp3) is 0.394. The van der Waals surface area contributed by atoms with Crippen LogP contribution in [0.2, 0.25) is 0 Å². The number of rotatable bonds is 9. The first-order valence-electron chi connectivity index (χ1n) is 13.7. The first kappa shape index (κ1) is 28.2. The lowest BCUT2D eigenvalue weighted by molar-refractivity contribution is -0.141. The number of carbonyl (C=O) groups excluding carboxylic acids is 2. The van der Waals surface area contributed by atoms with Crippen molar-refractivity contribution in [3.8, 4) is 28.0 Å². The van der Waals surface area contributed by atoms with Crippen LogP contribution in [0, 0.1) is 0 Å². The zero-order valence-electron chi connectivity index (χ0n) is 23.7. The molecule has 3 aromatic carbocycles. The molecule has 0 unspecified atom stereocenters. The van der Waals surface area contributed by atoms with Crippen molar-refractivity contribution < 1.29 is 23.8 Å². The lowest BCUT2D eigenvalue weighted by Crippen LogP contribution is -2.23. The number of benzene rings is 3. The maximum Gasteiger partial charge on any atom is 0.338 e. The number of anilines is 1. The molecule has 3 aromatic rings. The molecular formula is C33H39NO5. The first-order valence-corrected chi connectivity index (χ1v) is 13.7. The van der Waals surface area contributed by atoms with Crippen molar-refractivity contribution in [2.24, 2.45) is 0 Å². The van der Waals surface area contributed by atoms with Gasteiger partial charge in [-0.2, -0.15) is 0 Å². The van der Waals surface area contributed by atoms with Crippen LogP contribution in [0.4, 0.5) is 5.69 Å². The van der Waals surface area contributed by atoms with Crippen LogP contribution in [-0.2, 0) is 19.7 Å². The molecule has 0 amide bonds. The average molecular weight is 530 g/mol. The first-order chi connectivity index (χ1) is 18.7. The zero-order valence-corrected chi connectivity index (χ0v) is 23.7. The van der Waals surface area contributed by atoms with Crippen LogP contribution in [0.1, 0.15) is 63.4 Å². The second-order valence-corrected chi connectivity index (χ2v) is 10.9. The molecule has 0 N–H and O–H groups in total. The predicted octanol–water partition coefficient (Wildman–Crippen LogP) is 7.04. The van der Waals surface area contributed by atoms with Gasteiger partial charge in [0.1, 0.15) is 19.0 Å². The molecule has 1 saturated heterocycles. The molecule has 206 valence electrons. The molecular weight excluding hydrogens is 490 g/mol. The number of hydrogen-bond acceptors (Lipinski definition) is 6. The minimum atomic E-state index is -0.326. The fourth-order valence-corrected chi connectivity index (χ4v) is 4.95. The molecule has 0 spiro atoms. The Morgan fingerprint density at radius 3 is 2.13 bits per heavy atom. The molecule has 0 saturated carbocycles. The van der Waals surface area contributed by atoms with E-state index in [2.05, 4.69) is 49.9 Å². The van der Waals surface area contributed by atoms with Gasteiger partial charge >= 0.3 is 11.9 Å². The molecule has 0 radical (unpaired) electrons. The third kappa shape index (κ3) is 6.99. The van der Waals surface area contributed by atoms with E-state index in [9.17, 15) is 9.59 Å². The maximum absolute atomic E-state index is 12.1. The topological polar surface area (TPSA) is 65.1 Å². The number of ether oxygens (including phenoxy) is 3. The Labute approximate surface area is 231 Å². The fourth-order valence-electron chi connectivity index (χ4n) is 4.95. The maximum atomic E-state index is 12.1. The highest BCUT2D eigenvalue weighted by Crippen LogP contribution is 2.40. The second kappa shape index (κ2) is 12.4. The van der Waals surface area contributed by atoms with E-state index in [1.807, 2.05) is 24.3 Å². The lowest BCUT2D eigenvalue weighted by atomic mass is 9.83. The standard InChI is InChI=1S/C33H39NO5/c1-6-37-32(36)25-11-9-24(10-12-25)26-14-16-31(39-20-19-38-23(2)35)28(21-26)27-13-15-30(34-17-7-8-18-34)29(22-27)33(3,4)5/h9-16,21-22H,6-8,17-20H2,1-5H3. The summed E-state index contributed by atoms with van der Waals surface area (Å²) in [5.41, 5.74) is 7.11. The molecule has 39 heavy (non-hydrogen) atoms. The smallest absolute Gasteiger partial charge is 0.338 e. The third-order valence-electron chi connectivity index (χ3n) is 6.92. The summed E-state index contributed by atoms with van der Waals surface area (Å²) in [6.45, 7) is 12.9. The van der Waals surface area contributed by atoms with Gasteiger partial charge in [-0.1, -0.05) is 45.0 Å². The van der Waals surface area contributed by atoms with Gasteiger partial charge in [-0.15, -0.1) is 0 Å². The summed E-state index contributed by atoms with van der Waals surface area (Å²) < 4.78 is 16.3. The summed E-state index contributed by atoms with van der Waals surface area (Å²) in [5.74, 6) is 0.0738. The predicted molar refractivity (Wildman–Crippen MR) is 156 cm³/mol. The van der Waals surface area contributed by atoms with Crippen molar-refractivity contribution in [1.82, 2.24) is 0 Å². The summed E-state index contributed by atoms with van der Waals surface area (Å²) in [4.78, 5) is 25.8. The Morgan fingerprint density at radius 1 is 0.821 bits per heavy atom. The second-order valence-electron chi connectivity index (χ2n) is 10.9. The van der Waals surface area contributed by atoms with Gasteiger partial charge in [-0.3, -0.25) is 4.79 Å². The van der Waals surface area contributed by atoms with Crippen molar-refractivity contribution in [1.29, 1.82) is 0 Å². The minimum absolute atomic E-state index is 0.0369. The monoisotopic (exact) mass is 529 g/mol. The van der Waals surface area contributed by atoms with Crippen molar-refractivity contribution in [3.63, 3.8) is 0 Å². The van der Waals surface area contributed by atoms with Crippen LogP contribution in [0.5, 0.6) is 5.75 Å². The van der Waals surface area contributed by atoms with Crippen LogP contribution in [-0.4, -0.2) is 44.8 Å². The molecule has 1 fully saturated rings. The van der Waals surface area contributed by atoms with Crippen molar-refractivity contribution in [2.75, 3.05) is 37.8 Å². The van der Waals surface area contributed by atoms with Gasteiger partial charge in [-0.25, -0.2) is 4.79 Å². The number of nitrogens with zero attached hydrogens (tertiary/aromatic N) is 1. The molecule has 6 nitrogen and oxygen atoms in total. The van der Waals surface area contributed by atoms with E-state index >= 15 is 0 Å². The van der Waals surface area contributed by atoms with E-state index in [4.69, 9.17) is 14.2 Å². The Morgan fingerprint density at radius 2 is 1.49 bits per heavy atom. The normalized spacial score (nSPS) is 13.3. The van der Waals surface area contributed by atoms with Crippen LogP contribution in [0.3, 0.4) is 0 Å². The quantitative estimate of drug-likeness (QED) is 0.219. The number of carbonyl (C=O) groups is 2. The number of esters is 2. The lowest BCUT2D eigenvalue weighted by Gasteiger charge is -2.29. The summed E-state index contributed by atoms with van der Waals surface area (Å²) in [7, 11) is 0. The molecule has 1 heterocycles. The zero-order chi connectivity index (χ0) is 28.0. The third-order valence-corrected chi connectivity index (χ3v) is 6.92. The Balaban J connectivity index is 1.74. The van der Waals surface area contributed by atoms with Crippen LogP contribution < -0.4 is 9.64 Å². The van der Waals surface area contributed by atoms with E-state index in [0.717, 1.165) is 41.1 Å². The van der Waals surface area contributed by atoms with Gasteiger partial charge in [-0.05, 0) is 83.8 Å². The molecule has 6 heteroatoms. The summed E-state index contributed by atoms with van der Waals surface area (Å²) >= 11 is 0. The summed E-state index contributed by atoms with van der Waals surface area (Å²) in [6, 6.07) is 20.2. The summed E-state index contributed by atoms with van der Waals surface area (Å²) in [6.07, 6.45) is 2.45. The van der Waals surface area contributed by atoms with Gasteiger partial charge in [0.05, 0.1) is 12.2 Å². The SMILES string of the molecule is CCOC(=O)c1ccc(-c2ccc(OCCOC(C)=O)c(-c3ccc(N4CCCC4)c(C(C)(C)C)c3)c2)cc1. The molecule has 0 aliphatic carbocycles. The Kier molecular flexibility index (Phi) is 8.95. The molecule has 1 aliphatic heterocycles. The van der Waals surface area contributed by atoms with Crippen LogP contribution in [0.25, 0.3) is 22.3 Å². The van der Waals surface area contributed by atoms with Crippen molar-refractivity contribution >= 4 is 17.6 Å². The highest BCUT2D eigenvalue weighted by atomic mass is 16.6. The van der Waals surface area contributed by atoms with Gasteiger partial charge in [0, 0.05) is 31.3 Å². The minimum Gasteiger partial charge on any atom is -0.489 e. The molecule has 0 bridgehead atoms. The van der Waals surface area contributed by atoms with Crippen molar-refractivity contribution in [3.05, 3.63) is 71.8 Å². The van der Waals surface area contributed by atoms with Gasteiger partial charge in [0.2, 0.25) is 0 Å². The van der Waals surface area contributed by atoms with E-state index in [0.29, 0.717) is 12.2 Å². The van der Waals surface area contributed by atoms with Gasteiger partial charge in [0.15, 0.2) is 0 Å². The molecule has 1 aliphatic rings. The largest absolute Gasteiger partial charge is 0.489 e. The number of hydrogen-bond donors (Lipinski definition) is 0. The molecule has 4 rings (SSSR count). The molecule has 0 atom stereocenters. The van der Waals surface area contributed by atoms with E-state index in [-0.39, 0.29) is 30.6 Å². The van der Waals surface area contributed by atoms with E-state index < -0.39 is 0 Å². The Bertz CT molecular complexity index is 1300. The average Bonchev–Trinajstić information content (AvgIpc) is 3.45.